The summed E-state index contributed by atoms with van der Waals surface area (Å²) in [6.07, 6.45) is -1.74. The fraction of sp³-hybridized carbons (Fsp3) is 0.833. The second-order valence-corrected chi connectivity index (χ2v) is 7.93. The number of hydrogen-bond acceptors (Lipinski definition) is 6. The third kappa shape index (κ3) is 12.2. The quantitative estimate of drug-likeness (QED) is 0.639. The largest absolute Gasteiger partial charge is 0.444 e. The van der Waals surface area contributed by atoms with Crippen LogP contribution in [-0.4, -0.2) is 44.9 Å². The molecule has 0 fully saturated rings. The van der Waals surface area contributed by atoms with Crippen LogP contribution < -0.4 is 14.8 Å². The van der Waals surface area contributed by atoms with Crippen molar-refractivity contribution in [1.82, 2.24) is 14.8 Å². The zero-order chi connectivity index (χ0) is 17.6. The first kappa shape index (κ1) is 20.5. The van der Waals surface area contributed by atoms with Crippen molar-refractivity contribution in [1.29, 1.82) is 0 Å². The van der Waals surface area contributed by atoms with Gasteiger partial charge in [-0.3, -0.25) is 0 Å². The number of rotatable bonds is 5. The summed E-state index contributed by atoms with van der Waals surface area (Å²) < 4.78 is 36.6. The Labute approximate surface area is 131 Å². The number of ether oxygens (including phenoxy) is 2. The number of alkyl carbamates (subject to hydrolysis) is 1. The van der Waals surface area contributed by atoms with E-state index >= 15 is 0 Å². The maximum absolute atomic E-state index is 11.5. The highest BCUT2D eigenvalue weighted by atomic mass is 32.2. The molecule has 0 aromatic heterocycles. The Morgan fingerprint density at radius 2 is 1.32 bits per heavy atom. The lowest BCUT2D eigenvalue weighted by Crippen LogP contribution is -2.45. The van der Waals surface area contributed by atoms with Crippen LogP contribution in [0.25, 0.3) is 0 Å². The summed E-state index contributed by atoms with van der Waals surface area (Å²) in [5, 5.41) is 2.37. The van der Waals surface area contributed by atoms with Gasteiger partial charge in [0.05, 0.1) is 0 Å². The molecule has 0 aliphatic rings. The predicted octanol–water partition coefficient (Wildman–Crippen LogP) is 0.870. The summed E-state index contributed by atoms with van der Waals surface area (Å²) >= 11 is 0. The van der Waals surface area contributed by atoms with Crippen LogP contribution in [0.3, 0.4) is 0 Å². The number of hydrogen-bond donors (Lipinski definition) is 3. The Bertz CT molecular complexity index is 490. The standard InChI is InChI=1S/C12H25N3O6S/c1-11(2,3)20-9(16)13-7-8-14-22(18,19)15-10(17)21-12(4,5)6/h14H,7-8H2,1-6H3,(H,13,16)(H,15,17). The van der Waals surface area contributed by atoms with Gasteiger partial charge in [-0.15, -0.1) is 0 Å². The van der Waals surface area contributed by atoms with Gasteiger partial charge in [0.15, 0.2) is 0 Å². The van der Waals surface area contributed by atoms with Crippen LogP contribution in [0, 0.1) is 0 Å². The van der Waals surface area contributed by atoms with Gasteiger partial charge in [0, 0.05) is 13.1 Å². The van der Waals surface area contributed by atoms with E-state index in [0.717, 1.165) is 0 Å². The highest BCUT2D eigenvalue weighted by molar-refractivity contribution is 7.88. The third-order valence-electron chi connectivity index (χ3n) is 1.70. The second-order valence-electron chi connectivity index (χ2n) is 6.43. The molecule has 0 saturated heterocycles. The van der Waals surface area contributed by atoms with E-state index in [0.29, 0.717) is 0 Å². The van der Waals surface area contributed by atoms with E-state index in [1.807, 2.05) is 0 Å². The van der Waals surface area contributed by atoms with E-state index in [1.165, 1.54) is 0 Å². The van der Waals surface area contributed by atoms with Gasteiger partial charge in [-0.1, -0.05) is 0 Å². The number of carbonyl (C=O) groups excluding carboxylic acids is 2. The summed E-state index contributed by atoms with van der Waals surface area (Å²) in [7, 11) is -4.05. The molecule has 0 rings (SSSR count). The zero-order valence-corrected chi connectivity index (χ0v) is 14.6. The van der Waals surface area contributed by atoms with Crippen LogP contribution in [0.4, 0.5) is 9.59 Å². The molecule has 0 bridgehead atoms. The van der Waals surface area contributed by atoms with E-state index < -0.39 is 33.6 Å². The lowest BCUT2D eigenvalue weighted by atomic mass is 10.2. The molecule has 0 aromatic rings. The minimum absolute atomic E-state index is 0.00411. The summed E-state index contributed by atoms with van der Waals surface area (Å²) in [5.41, 5.74) is -1.44. The number of amides is 2. The first-order chi connectivity index (χ1) is 9.70. The molecular weight excluding hydrogens is 314 g/mol. The maximum atomic E-state index is 11.5. The first-order valence-electron chi connectivity index (χ1n) is 6.67. The number of nitrogens with one attached hydrogen (secondary N) is 3. The molecule has 22 heavy (non-hydrogen) atoms. The van der Waals surface area contributed by atoms with Gasteiger partial charge in [0.2, 0.25) is 0 Å². The Morgan fingerprint density at radius 3 is 1.77 bits per heavy atom. The van der Waals surface area contributed by atoms with Crippen molar-refractivity contribution in [3.05, 3.63) is 0 Å². The maximum Gasteiger partial charge on any atom is 0.422 e. The SMILES string of the molecule is CC(C)(C)OC(=O)NCCNS(=O)(=O)NC(=O)OC(C)(C)C. The van der Waals surface area contributed by atoms with E-state index in [1.54, 1.807) is 46.3 Å². The van der Waals surface area contributed by atoms with E-state index in [2.05, 4.69) is 10.0 Å². The summed E-state index contributed by atoms with van der Waals surface area (Å²) in [6, 6.07) is 0. The van der Waals surface area contributed by atoms with Gasteiger partial charge >= 0.3 is 22.4 Å². The van der Waals surface area contributed by atoms with Gasteiger partial charge in [-0.25, -0.2) is 14.3 Å². The zero-order valence-electron chi connectivity index (χ0n) is 13.8. The summed E-state index contributed by atoms with van der Waals surface area (Å²) in [5.74, 6) is 0. The van der Waals surface area contributed by atoms with Crippen LogP contribution in [0.15, 0.2) is 0 Å². The monoisotopic (exact) mass is 339 g/mol. The minimum Gasteiger partial charge on any atom is -0.444 e. The molecule has 2 amide bonds. The molecule has 0 spiro atoms. The molecule has 0 atom stereocenters. The minimum atomic E-state index is -4.05. The molecule has 0 radical (unpaired) electrons. The average molecular weight is 339 g/mol. The molecule has 0 unspecified atom stereocenters. The highest BCUT2D eigenvalue weighted by Crippen LogP contribution is 2.07. The molecular formula is C12H25N3O6S. The normalized spacial score (nSPS) is 12.5. The van der Waals surface area contributed by atoms with Crippen molar-refractivity contribution in [2.24, 2.45) is 0 Å². The fourth-order valence-electron chi connectivity index (χ4n) is 1.11. The Morgan fingerprint density at radius 1 is 0.864 bits per heavy atom. The molecule has 9 nitrogen and oxygen atoms in total. The van der Waals surface area contributed by atoms with E-state index in [-0.39, 0.29) is 13.1 Å². The molecule has 130 valence electrons. The van der Waals surface area contributed by atoms with Crippen LogP contribution in [-0.2, 0) is 19.7 Å². The lowest BCUT2D eigenvalue weighted by Gasteiger charge is -2.20. The van der Waals surface area contributed by atoms with Crippen LogP contribution in [0.2, 0.25) is 0 Å². The Kier molecular flexibility index (Phi) is 7.10. The number of carbonyl (C=O) groups is 2. The second kappa shape index (κ2) is 7.63. The molecule has 10 heteroatoms. The van der Waals surface area contributed by atoms with Crippen LogP contribution in [0.5, 0.6) is 0 Å². The molecule has 0 aliphatic carbocycles. The lowest BCUT2D eigenvalue weighted by molar-refractivity contribution is 0.0524. The van der Waals surface area contributed by atoms with Gasteiger partial charge in [-0.05, 0) is 41.5 Å². The summed E-state index contributed by atoms with van der Waals surface area (Å²) in [4.78, 5) is 22.6. The Balaban J connectivity index is 4.09. The topological polar surface area (TPSA) is 123 Å². The van der Waals surface area contributed by atoms with Crippen molar-refractivity contribution < 1.29 is 27.5 Å². The molecule has 3 N–H and O–H groups in total. The van der Waals surface area contributed by atoms with Crippen molar-refractivity contribution >= 4 is 22.4 Å². The predicted molar refractivity (Wildman–Crippen MR) is 80.5 cm³/mol. The fourth-order valence-corrected chi connectivity index (χ4v) is 1.81. The highest BCUT2D eigenvalue weighted by Gasteiger charge is 2.21. The first-order valence-corrected chi connectivity index (χ1v) is 8.16. The average Bonchev–Trinajstić information content (AvgIpc) is 2.17. The van der Waals surface area contributed by atoms with Crippen LogP contribution >= 0.6 is 0 Å². The summed E-state index contributed by atoms with van der Waals surface area (Å²) in [6.45, 7) is 9.84. The van der Waals surface area contributed by atoms with Crippen molar-refractivity contribution in [3.8, 4) is 0 Å². The Hall–Kier alpha value is -1.55. The smallest absolute Gasteiger partial charge is 0.422 e. The van der Waals surface area contributed by atoms with Gasteiger partial charge < -0.3 is 14.8 Å². The molecule has 0 saturated carbocycles. The third-order valence-corrected chi connectivity index (χ3v) is 2.72. The van der Waals surface area contributed by atoms with Crippen molar-refractivity contribution in [3.63, 3.8) is 0 Å². The van der Waals surface area contributed by atoms with Crippen molar-refractivity contribution in [2.45, 2.75) is 52.7 Å². The van der Waals surface area contributed by atoms with Crippen LogP contribution in [0.1, 0.15) is 41.5 Å². The van der Waals surface area contributed by atoms with Gasteiger partial charge in [0.25, 0.3) is 0 Å². The van der Waals surface area contributed by atoms with E-state index in [4.69, 9.17) is 9.47 Å². The van der Waals surface area contributed by atoms with Gasteiger partial charge in [0.1, 0.15) is 11.2 Å². The van der Waals surface area contributed by atoms with Gasteiger partial charge in [-0.2, -0.15) is 13.1 Å². The van der Waals surface area contributed by atoms with Crippen molar-refractivity contribution in [2.75, 3.05) is 13.1 Å². The molecule has 0 aromatic carbocycles. The molecule has 0 aliphatic heterocycles. The molecule has 0 heterocycles. The van der Waals surface area contributed by atoms with E-state index in [9.17, 15) is 18.0 Å².